The predicted molar refractivity (Wildman–Crippen MR) is 49.5 cm³/mol. The van der Waals surface area contributed by atoms with E-state index in [4.69, 9.17) is 14.2 Å². The third-order valence-electron chi connectivity index (χ3n) is 2.74. The Hall–Kier alpha value is -1.00. The van der Waals surface area contributed by atoms with E-state index < -0.39 is 11.7 Å². The van der Waals surface area contributed by atoms with Gasteiger partial charge in [0.2, 0.25) is 0 Å². The second-order valence-electron chi connectivity index (χ2n) is 3.50. The second-order valence-corrected chi connectivity index (χ2v) is 3.50. The first-order valence-corrected chi connectivity index (χ1v) is 4.53. The van der Waals surface area contributed by atoms with Crippen LogP contribution in [0, 0.1) is 0 Å². The molecule has 0 saturated carbocycles. The fourth-order valence-electron chi connectivity index (χ4n) is 1.81. The predicted octanol–water partition coefficient (Wildman–Crippen LogP) is 0.579. The van der Waals surface area contributed by atoms with Crippen molar-refractivity contribution in [3.8, 4) is 0 Å². The summed E-state index contributed by atoms with van der Waals surface area (Å²) in [5, 5.41) is 9.56. The van der Waals surface area contributed by atoms with Crippen molar-refractivity contribution < 1.29 is 19.3 Å². The van der Waals surface area contributed by atoms with Gasteiger partial charge in [-0.1, -0.05) is 0 Å². The molecule has 0 amide bonds. The summed E-state index contributed by atoms with van der Waals surface area (Å²) in [6.45, 7) is 1.70. The second kappa shape index (κ2) is 3.00. The van der Waals surface area contributed by atoms with Crippen LogP contribution in [-0.4, -0.2) is 37.1 Å². The highest BCUT2D eigenvalue weighted by atomic mass is 16.6. The SMILES string of the molecule is COC1=C(OC)C2OC2(C(C)O)C=C1. The molecule has 1 N–H and O–H groups in total. The Kier molecular flexibility index (Phi) is 2.05. The van der Waals surface area contributed by atoms with Crippen molar-refractivity contribution in [1.82, 2.24) is 0 Å². The van der Waals surface area contributed by atoms with Crippen molar-refractivity contribution in [2.45, 2.75) is 24.7 Å². The topological polar surface area (TPSA) is 51.2 Å². The molecule has 0 radical (unpaired) electrons. The normalized spacial score (nSPS) is 36.4. The summed E-state index contributed by atoms with van der Waals surface area (Å²) in [6.07, 6.45) is 2.85. The van der Waals surface area contributed by atoms with Crippen LogP contribution in [0.3, 0.4) is 0 Å². The van der Waals surface area contributed by atoms with Gasteiger partial charge in [-0.25, -0.2) is 0 Å². The number of aliphatic hydroxyl groups is 1. The molecule has 3 atom stereocenters. The quantitative estimate of drug-likeness (QED) is 0.674. The first kappa shape index (κ1) is 9.55. The van der Waals surface area contributed by atoms with Crippen molar-refractivity contribution in [1.29, 1.82) is 0 Å². The molecule has 1 fully saturated rings. The van der Waals surface area contributed by atoms with Crippen LogP contribution in [0.2, 0.25) is 0 Å². The minimum atomic E-state index is -0.590. The van der Waals surface area contributed by atoms with Gasteiger partial charge in [0.1, 0.15) is 5.60 Å². The van der Waals surface area contributed by atoms with Crippen LogP contribution in [0.15, 0.2) is 23.7 Å². The lowest BCUT2D eigenvalue weighted by Gasteiger charge is -2.17. The Morgan fingerprint density at radius 2 is 2.21 bits per heavy atom. The number of methoxy groups -OCH3 is 2. The van der Waals surface area contributed by atoms with Crippen molar-refractivity contribution in [2.24, 2.45) is 0 Å². The minimum absolute atomic E-state index is 0.201. The van der Waals surface area contributed by atoms with E-state index in [9.17, 15) is 5.11 Å². The van der Waals surface area contributed by atoms with E-state index in [1.54, 1.807) is 27.2 Å². The number of hydrogen-bond donors (Lipinski definition) is 1. The first-order valence-electron chi connectivity index (χ1n) is 4.53. The van der Waals surface area contributed by atoms with Gasteiger partial charge in [-0.05, 0) is 19.1 Å². The number of rotatable bonds is 3. The van der Waals surface area contributed by atoms with Crippen LogP contribution in [0.4, 0.5) is 0 Å². The lowest BCUT2D eigenvalue weighted by atomic mass is 9.93. The minimum Gasteiger partial charge on any atom is -0.494 e. The highest BCUT2D eigenvalue weighted by Gasteiger charge is 2.63. The number of hydrogen-bond acceptors (Lipinski definition) is 4. The molecule has 0 bridgehead atoms. The molecule has 2 aliphatic rings. The van der Waals surface area contributed by atoms with Crippen LogP contribution < -0.4 is 0 Å². The van der Waals surface area contributed by atoms with Crippen molar-refractivity contribution in [3.63, 3.8) is 0 Å². The van der Waals surface area contributed by atoms with Crippen molar-refractivity contribution in [3.05, 3.63) is 23.7 Å². The molecule has 0 spiro atoms. The molecule has 1 aliphatic heterocycles. The standard InChI is InChI=1S/C10H14O4/c1-6(11)10-5-4-7(12-2)8(13-3)9(10)14-10/h4-6,9,11H,1-3H3. The molecule has 1 heterocycles. The molecule has 0 aromatic rings. The van der Waals surface area contributed by atoms with E-state index in [1.165, 1.54) is 0 Å². The summed E-state index contributed by atoms with van der Waals surface area (Å²) in [6, 6.07) is 0. The smallest absolute Gasteiger partial charge is 0.170 e. The molecule has 0 aromatic carbocycles. The Bertz CT molecular complexity index is 305. The molecule has 4 nitrogen and oxygen atoms in total. The number of allylic oxidation sites excluding steroid dienone is 1. The van der Waals surface area contributed by atoms with Crippen LogP contribution in [0.5, 0.6) is 0 Å². The van der Waals surface area contributed by atoms with E-state index in [1.807, 2.05) is 6.08 Å². The van der Waals surface area contributed by atoms with Gasteiger partial charge < -0.3 is 19.3 Å². The third-order valence-corrected chi connectivity index (χ3v) is 2.74. The van der Waals surface area contributed by atoms with E-state index in [-0.39, 0.29) is 6.10 Å². The van der Waals surface area contributed by atoms with Gasteiger partial charge in [0.15, 0.2) is 17.6 Å². The molecule has 4 heteroatoms. The van der Waals surface area contributed by atoms with Crippen LogP contribution in [-0.2, 0) is 14.2 Å². The van der Waals surface area contributed by atoms with E-state index in [0.29, 0.717) is 11.5 Å². The zero-order valence-electron chi connectivity index (χ0n) is 8.48. The Balaban J connectivity index is 2.29. The monoisotopic (exact) mass is 198 g/mol. The van der Waals surface area contributed by atoms with Crippen molar-refractivity contribution in [2.75, 3.05) is 14.2 Å². The van der Waals surface area contributed by atoms with E-state index in [2.05, 4.69) is 0 Å². The highest BCUT2D eigenvalue weighted by Crippen LogP contribution is 2.49. The van der Waals surface area contributed by atoms with Crippen molar-refractivity contribution >= 4 is 0 Å². The number of ether oxygens (including phenoxy) is 3. The maximum absolute atomic E-state index is 9.56. The summed E-state index contributed by atoms with van der Waals surface area (Å²) < 4.78 is 15.8. The van der Waals surface area contributed by atoms with Crippen LogP contribution in [0.1, 0.15) is 6.92 Å². The van der Waals surface area contributed by atoms with Crippen LogP contribution >= 0.6 is 0 Å². The number of epoxide rings is 1. The van der Waals surface area contributed by atoms with E-state index in [0.717, 1.165) is 0 Å². The fourth-order valence-corrected chi connectivity index (χ4v) is 1.81. The van der Waals surface area contributed by atoms with E-state index >= 15 is 0 Å². The van der Waals surface area contributed by atoms with Gasteiger partial charge in [0.05, 0.1) is 20.3 Å². The molecule has 0 aromatic heterocycles. The number of fused-ring (bicyclic) bond motifs is 1. The summed E-state index contributed by atoms with van der Waals surface area (Å²) in [5.41, 5.74) is -0.590. The molecule has 14 heavy (non-hydrogen) atoms. The maximum atomic E-state index is 9.56. The fraction of sp³-hybridized carbons (Fsp3) is 0.600. The molecular formula is C10H14O4. The lowest BCUT2D eigenvalue weighted by Crippen LogP contribution is -2.30. The highest BCUT2D eigenvalue weighted by molar-refractivity contribution is 5.39. The van der Waals surface area contributed by atoms with Gasteiger partial charge in [0.25, 0.3) is 0 Å². The number of aliphatic hydroxyl groups excluding tert-OH is 1. The first-order chi connectivity index (χ1) is 6.65. The summed E-state index contributed by atoms with van der Waals surface area (Å²) in [7, 11) is 3.15. The largest absolute Gasteiger partial charge is 0.494 e. The average Bonchev–Trinajstić information content (AvgIpc) is 2.91. The summed E-state index contributed by atoms with van der Waals surface area (Å²) >= 11 is 0. The van der Waals surface area contributed by atoms with Gasteiger partial charge >= 0.3 is 0 Å². The Morgan fingerprint density at radius 3 is 2.71 bits per heavy atom. The van der Waals surface area contributed by atoms with Gasteiger partial charge in [-0.15, -0.1) is 0 Å². The molecule has 78 valence electrons. The van der Waals surface area contributed by atoms with Gasteiger partial charge in [-0.3, -0.25) is 0 Å². The van der Waals surface area contributed by atoms with Gasteiger partial charge in [0, 0.05) is 0 Å². The third kappa shape index (κ3) is 1.07. The molecule has 2 rings (SSSR count). The molecular weight excluding hydrogens is 184 g/mol. The Labute approximate surface area is 82.8 Å². The average molecular weight is 198 g/mol. The maximum Gasteiger partial charge on any atom is 0.170 e. The van der Waals surface area contributed by atoms with Gasteiger partial charge in [-0.2, -0.15) is 0 Å². The molecule has 1 aliphatic carbocycles. The molecule has 3 unspecified atom stereocenters. The van der Waals surface area contributed by atoms with Crippen LogP contribution in [0.25, 0.3) is 0 Å². The zero-order valence-corrected chi connectivity index (χ0v) is 8.48. The summed E-state index contributed by atoms with van der Waals surface area (Å²) in [4.78, 5) is 0. The zero-order chi connectivity index (χ0) is 10.3. The summed E-state index contributed by atoms with van der Waals surface area (Å²) in [5.74, 6) is 1.31. The lowest BCUT2D eigenvalue weighted by molar-refractivity contribution is 0.116. The molecule has 1 saturated heterocycles. The Morgan fingerprint density at radius 1 is 1.50 bits per heavy atom.